The summed E-state index contributed by atoms with van der Waals surface area (Å²) in [6, 6.07) is 0. The predicted molar refractivity (Wildman–Crippen MR) is 69.6 cm³/mol. The molecule has 6 heteroatoms. The normalized spacial score (nSPS) is 21.9. The average Bonchev–Trinajstić information content (AvgIpc) is 1.77. The molecule has 1 aliphatic heterocycles. The van der Waals surface area contributed by atoms with Gasteiger partial charge in [0.05, 0.1) is 0 Å². The largest absolute Gasteiger partial charge is 0.315 e. The van der Waals surface area contributed by atoms with Crippen molar-refractivity contribution in [1.29, 1.82) is 0 Å². The Morgan fingerprint density at radius 3 is 1.31 bits per heavy atom. The molecule has 0 radical (unpaired) electrons. The first-order valence-corrected chi connectivity index (χ1v) is 12.5. The van der Waals surface area contributed by atoms with Gasteiger partial charge >= 0.3 is 6.98 Å². The van der Waals surface area contributed by atoms with Crippen LogP contribution in [-0.4, -0.2) is 31.2 Å². The van der Waals surface area contributed by atoms with E-state index in [0.717, 1.165) is 0 Å². The van der Waals surface area contributed by atoms with Crippen molar-refractivity contribution in [3.8, 4) is 0 Å². The molecule has 1 fully saturated rings. The van der Waals surface area contributed by atoms with E-state index in [1.807, 2.05) is 12.1 Å². The van der Waals surface area contributed by atoms with Gasteiger partial charge in [-0.25, -0.2) is 0 Å². The molecule has 0 aromatic heterocycles. The van der Waals surface area contributed by atoms with Gasteiger partial charge in [-0.2, -0.15) is 0 Å². The summed E-state index contributed by atoms with van der Waals surface area (Å²) in [5.41, 5.74) is 0. The first-order chi connectivity index (χ1) is 5.64. The molecular weight excluding hydrogens is 211 g/mol. The molecule has 1 saturated heterocycles. The van der Waals surface area contributed by atoms with Crippen LogP contribution in [0.25, 0.3) is 0 Å². The molecule has 76 valence electrons. The van der Waals surface area contributed by atoms with Gasteiger partial charge in [0.15, 0.2) is 0 Å². The van der Waals surface area contributed by atoms with Crippen LogP contribution in [0.3, 0.4) is 0 Å². The van der Waals surface area contributed by atoms with E-state index in [1.54, 1.807) is 0 Å². The molecule has 0 saturated carbocycles. The van der Waals surface area contributed by atoms with Gasteiger partial charge in [0.25, 0.3) is 0 Å². The number of nitrogens with zero attached hydrogens (tertiary/aromatic N) is 2. The van der Waals surface area contributed by atoms with E-state index in [-0.39, 0.29) is 0 Å². The highest BCUT2D eigenvalue weighted by atomic mass is 32.2. The molecule has 1 heterocycles. The Bertz CT molecular complexity index is 182. The van der Waals surface area contributed by atoms with Gasteiger partial charge in [-0.3, -0.25) is 7.76 Å². The first kappa shape index (κ1) is 11.8. The minimum atomic E-state index is -1.08. The fourth-order valence-electron chi connectivity index (χ4n) is 1.65. The summed E-state index contributed by atoms with van der Waals surface area (Å²) in [6.45, 7) is 17.5. The smallest absolute Gasteiger partial charge is 0.284 e. The summed E-state index contributed by atoms with van der Waals surface area (Å²) >= 11 is 1.99. The van der Waals surface area contributed by atoms with Gasteiger partial charge < -0.3 is 0 Å². The Hall–Kier alpha value is 0.769. The first-order valence-electron chi connectivity index (χ1n) is 4.91. The molecule has 1 aliphatic rings. The molecule has 0 spiro atoms. The molecule has 2 nitrogen and oxygen atoms in total. The number of hydrogen-bond donors (Lipinski definition) is 0. The monoisotopic (exact) mass is 232 g/mol. The summed E-state index contributed by atoms with van der Waals surface area (Å²) in [5.74, 6) is 0. The number of rotatable bonds is 2. The minimum absolute atomic E-state index is 0.670. The van der Waals surface area contributed by atoms with Crippen molar-refractivity contribution in [2.75, 3.05) is 0 Å². The third kappa shape index (κ3) is 2.41. The lowest BCUT2D eigenvalue weighted by molar-refractivity contribution is 0.799. The van der Waals surface area contributed by atoms with Gasteiger partial charge in [-0.1, -0.05) is 46.1 Å². The maximum absolute atomic E-state index is 2.62. The maximum atomic E-state index is 2.62. The van der Waals surface area contributed by atoms with Crippen molar-refractivity contribution >= 4 is 35.6 Å². The van der Waals surface area contributed by atoms with Crippen LogP contribution in [-0.2, 0) is 0 Å². The molecule has 0 amide bonds. The van der Waals surface area contributed by atoms with Crippen LogP contribution in [0, 0.1) is 0 Å². The van der Waals surface area contributed by atoms with Crippen LogP contribution in [0.15, 0.2) is 0 Å². The number of hydrogen-bond acceptors (Lipinski definition) is 3. The summed E-state index contributed by atoms with van der Waals surface area (Å²) in [7, 11) is -2.16. The van der Waals surface area contributed by atoms with E-state index in [0.29, 0.717) is 6.98 Å². The SMILES string of the molecule is CB1N([Si](C)(C)C)SN1[Si](C)(C)C. The van der Waals surface area contributed by atoms with E-state index < -0.39 is 16.5 Å². The standard InChI is InChI=1S/C7H21BN2SSi2/c1-8-9(12(2,3)4)11-10(8)13(5,6)7/h1-7H3. The lowest BCUT2D eigenvalue weighted by atomic mass is 9.85. The van der Waals surface area contributed by atoms with E-state index >= 15 is 0 Å². The highest BCUT2D eigenvalue weighted by molar-refractivity contribution is 8.02. The molecule has 0 aromatic rings. The molecule has 0 bridgehead atoms. The van der Waals surface area contributed by atoms with Crippen LogP contribution in [0.1, 0.15) is 0 Å². The van der Waals surface area contributed by atoms with Crippen molar-refractivity contribution in [2.24, 2.45) is 0 Å². The average molecular weight is 232 g/mol. The summed E-state index contributed by atoms with van der Waals surface area (Å²) in [4.78, 5) is 0. The zero-order valence-electron chi connectivity index (χ0n) is 9.88. The van der Waals surface area contributed by atoms with E-state index in [4.69, 9.17) is 0 Å². The van der Waals surface area contributed by atoms with Gasteiger partial charge in [-0.05, 0) is 12.1 Å². The van der Waals surface area contributed by atoms with Crippen LogP contribution < -0.4 is 0 Å². The molecule has 0 aliphatic carbocycles. The fraction of sp³-hybridized carbons (Fsp3) is 1.00. The maximum Gasteiger partial charge on any atom is 0.315 e. The molecule has 0 atom stereocenters. The second kappa shape index (κ2) is 3.41. The summed E-state index contributed by atoms with van der Waals surface area (Å²) in [5, 5.41) is 0. The highest BCUT2D eigenvalue weighted by Gasteiger charge is 2.49. The quantitative estimate of drug-likeness (QED) is 0.534. The van der Waals surface area contributed by atoms with E-state index in [2.05, 4.69) is 53.9 Å². The lowest BCUT2D eigenvalue weighted by Crippen LogP contribution is -2.70. The third-order valence-electron chi connectivity index (χ3n) is 2.18. The molecule has 0 aromatic carbocycles. The van der Waals surface area contributed by atoms with Crippen molar-refractivity contribution in [2.45, 2.75) is 46.1 Å². The Balaban J connectivity index is 2.58. The second-order valence-corrected chi connectivity index (χ2v) is 17.0. The Labute approximate surface area is 89.6 Å². The molecule has 1 rings (SSSR count). The van der Waals surface area contributed by atoms with Crippen molar-refractivity contribution < 1.29 is 0 Å². The summed E-state index contributed by atoms with van der Waals surface area (Å²) < 4.78 is 5.23. The lowest BCUT2D eigenvalue weighted by Gasteiger charge is -2.56. The molecular formula is C7H21BN2SSi2. The van der Waals surface area contributed by atoms with Gasteiger partial charge in [0, 0.05) is 0 Å². The van der Waals surface area contributed by atoms with Crippen molar-refractivity contribution in [1.82, 2.24) is 7.76 Å². The topological polar surface area (TPSA) is 6.48 Å². The molecule has 0 unspecified atom stereocenters. The van der Waals surface area contributed by atoms with Gasteiger partial charge in [0.2, 0.25) is 0 Å². The van der Waals surface area contributed by atoms with E-state index in [1.165, 1.54) is 0 Å². The summed E-state index contributed by atoms with van der Waals surface area (Å²) in [6.07, 6.45) is 0. The van der Waals surface area contributed by atoms with Crippen LogP contribution in [0.4, 0.5) is 0 Å². The Kier molecular flexibility index (Phi) is 3.11. The van der Waals surface area contributed by atoms with Crippen molar-refractivity contribution in [3.05, 3.63) is 0 Å². The second-order valence-electron chi connectivity index (χ2n) is 5.71. The predicted octanol–water partition coefficient (Wildman–Crippen LogP) is 2.96. The zero-order chi connectivity index (χ0) is 10.4. The van der Waals surface area contributed by atoms with Crippen LogP contribution in [0.5, 0.6) is 0 Å². The molecule has 0 N–H and O–H groups in total. The van der Waals surface area contributed by atoms with Gasteiger partial charge in [-0.15, -0.1) is 0 Å². The van der Waals surface area contributed by atoms with Crippen LogP contribution in [0.2, 0.25) is 46.1 Å². The Morgan fingerprint density at radius 2 is 1.15 bits per heavy atom. The van der Waals surface area contributed by atoms with Crippen LogP contribution >= 0.6 is 12.1 Å². The molecule has 13 heavy (non-hydrogen) atoms. The van der Waals surface area contributed by atoms with Crippen molar-refractivity contribution in [3.63, 3.8) is 0 Å². The Morgan fingerprint density at radius 1 is 0.846 bits per heavy atom. The zero-order valence-corrected chi connectivity index (χ0v) is 12.7. The van der Waals surface area contributed by atoms with E-state index in [9.17, 15) is 0 Å². The van der Waals surface area contributed by atoms with Gasteiger partial charge in [0.1, 0.15) is 16.5 Å². The third-order valence-corrected chi connectivity index (χ3v) is 10.3. The minimum Gasteiger partial charge on any atom is -0.284 e. The fourth-order valence-corrected chi connectivity index (χ4v) is 7.65. The highest BCUT2D eigenvalue weighted by Crippen LogP contribution is 2.40.